The highest BCUT2D eigenvalue weighted by Crippen LogP contribution is 2.35. The van der Waals surface area contributed by atoms with Gasteiger partial charge >= 0.3 is 6.18 Å². The number of nitrogens with zero attached hydrogens (tertiary/aromatic N) is 3. The maximum Gasteiger partial charge on any atom is 0.416 e. The maximum absolute atomic E-state index is 13.1. The third-order valence-electron chi connectivity index (χ3n) is 6.33. The quantitative estimate of drug-likeness (QED) is 0.295. The molecule has 1 saturated carbocycles. The van der Waals surface area contributed by atoms with Crippen LogP contribution in [0.4, 0.5) is 18.9 Å². The molecule has 0 radical (unpaired) electrons. The highest BCUT2D eigenvalue weighted by Gasteiger charge is 2.31. The van der Waals surface area contributed by atoms with Crippen molar-refractivity contribution < 1.29 is 27.5 Å². The lowest BCUT2D eigenvalue weighted by Gasteiger charge is -2.25. The highest BCUT2D eigenvalue weighted by molar-refractivity contribution is 7.99. The van der Waals surface area contributed by atoms with Gasteiger partial charge < -0.3 is 19.9 Å². The molecular weight excluding hydrogens is 555 g/mol. The van der Waals surface area contributed by atoms with Crippen LogP contribution in [0.5, 0.6) is 5.75 Å². The van der Waals surface area contributed by atoms with Crippen LogP contribution < -0.4 is 15.4 Å². The van der Waals surface area contributed by atoms with Crippen molar-refractivity contribution in [2.24, 2.45) is 0 Å². The van der Waals surface area contributed by atoms with Gasteiger partial charge in [-0.15, -0.1) is 10.2 Å². The minimum absolute atomic E-state index is 0.00149. The number of carbonyl (C=O) groups is 2. The molecule has 1 aliphatic rings. The van der Waals surface area contributed by atoms with Crippen molar-refractivity contribution in [1.29, 1.82) is 0 Å². The van der Waals surface area contributed by atoms with Gasteiger partial charge in [0.25, 0.3) is 5.91 Å². The van der Waals surface area contributed by atoms with Gasteiger partial charge in [-0.05, 0) is 55.3 Å². The predicted octanol–water partition coefficient (Wildman–Crippen LogP) is 6.12. The van der Waals surface area contributed by atoms with Crippen LogP contribution in [0.25, 0.3) is 0 Å². The summed E-state index contributed by atoms with van der Waals surface area (Å²) < 4.78 is 46.3. The lowest BCUT2D eigenvalue weighted by Crippen LogP contribution is -2.26. The number of methoxy groups -OCH3 is 1. The molecule has 1 fully saturated rings. The molecule has 1 aliphatic carbocycles. The molecule has 1 aromatic heterocycles. The summed E-state index contributed by atoms with van der Waals surface area (Å²) in [5.41, 5.74) is -0.556. The van der Waals surface area contributed by atoms with Gasteiger partial charge in [-0.2, -0.15) is 13.2 Å². The highest BCUT2D eigenvalue weighted by atomic mass is 35.5. The van der Waals surface area contributed by atoms with Gasteiger partial charge in [0, 0.05) is 11.6 Å². The Balaban J connectivity index is 1.44. The van der Waals surface area contributed by atoms with Crippen molar-refractivity contribution in [1.82, 2.24) is 20.1 Å². The van der Waals surface area contributed by atoms with E-state index in [9.17, 15) is 22.8 Å². The summed E-state index contributed by atoms with van der Waals surface area (Å²) >= 11 is 7.13. The number of rotatable bonds is 9. The zero-order valence-electron chi connectivity index (χ0n) is 21.1. The standard InChI is InChI=1S/C26H27ClF3N5O3S/c1-38-19-10-7-16(8-11-19)24(37)31-14-22-33-34-25(35(22)18-5-3-2-4-6-18)39-15-23(36)32-21-13-17(26(28,29)30)9-12-20(21)27/h7-13,18H,2-6,14-15H2,1H3,(H,31,37)(H,32,36). The van der Waals surface area contributed by atoms with Crippen molar-refractivity contribution in [3.63, 3.8) is 0 Å². The van der Waals surface area contributed by atoms with E-state index >= 15 is 0 Å². The Bertz CT molecular complexity index is 1310. The Morgan fingerprint density at radius 1 is 1.10 bits per heavy atom. The van der Waals surface area contributed by atoms with Crippen LogP contribution in [0.2, 0.25) is 5.02 Å². The first-order chi connectivity index (χ1) is 18.7. The first-order valence-corrected chi connectivity index (χ1v) is 13.7. The van der Waals surface area contributed by atoms with Crippen molar-refractivity contribution in [2.75, 3.05) is 18.2 Å². The Morgan fingerprint density at radius 3 is 2.49 bits per heavy atom. The van der Waals surface area contributed by atoms with Gasteiger partial charge in [-0.25, -0.2) is 0 Å². The fourth-order valence-electron chi connectivity index (χ4n) is 4.35. The van der Waals surface area contributed by atoms with Crippen LogP contribution in [0.1, 0.15) is 59.9 Å². The Morgan fingerprint density at radius 2 is 1.82 bits per heavy atom. The SMILES string of the molecule is COc1ccc(C(=O)NCc2nnc(SCC(=O)Nc3cc(C(F)(F)F)ccc3Cl)n2C2CCCCC2)cc1. The van der Waals surface area contributed by atoms with E-state index in [4.69, 9.17) is 16.3 Å². The first kappa shape index (κ1) is 28.8. The monoisotopic (exact) mass is 581 g/mol. The van der Waals surface area contributed by atoms with Gasteiger partial charge in [0.15, 0.2) is 11.0 Å². The van der Waals surface area contributed by atoms with Crippen LogP contribution >= 0.6 is 23.4 Å². The van der Waals surface area contributed by atoms with Crippen LogP contribution in [-0.4, -0.2) is 39.4 Å². The number of amides is 2. The van der Waals surface area contributed by atoms with Crippen molar-refractivity contribution in [3.8, 4) is 5.75 Å². The normalized spacial score (nSPS) is 14.2. The van der Waals surface area contributed by atoms with E-state index in [0.29, 0.717) is 22.3 Å². The van der Waals surface area contributed by atoms with E-state index in [-0.39, 0.29) is 35.0 Å². The smallest absolute Gasteiger partial charge is 0.416 e. The molecule has 3 aromatic rings. The van der Waals surface area contributed by atoms with E-state index in [0.717, 1.165) is 62.1 Å². The molecule has 0 bridgehead atoms. The number of anilines is 1. The molecule has 39 heavy (non-hydrogen) atoms. The summed E-state index contributed by atoms with van der Waals surface area (Å²) in [6.07, 6.45) is 0.478. The molecule has 13 heteroatoms. The first-order valence-electron chi connectivity index (χ1n) is 12.3. The Hall–Kier alpha value is -3.25. The Kier molecular flexibility index (Phi) is 9.39. The molecule has 0 saturated heterocycles. The molecule has 0 aliphatic heterocycles. The van der Waals surface area contributed by atoms with Gasteiger partial charge in [-0.3, -0.25) is 9.59 Å². The number of ether oxygens (including phenoxy) is 1. The zero-order chi connectivity index (χ0) is 28.0. The van der Waals surface area contributed by atoms with Crippen LogP contribution in [0.3, 0.4) is 0 Å². The number of benzene rings is 2. The second-order valence-corrected chi connectivity index (χ2v) is 10.4. The largest absolute Gasteiger partial charge is 0.497 e. The molecule has 208 valence electrons. The van der Waals surface area contributed by atoms with E-state index < -0.39 is 17.6 Å². The molecule has 2 N–H and O–H groups in total. The van der Waals surface area contributed by atoms with Crippen molar-refractivity contribution in [3.05, 3.63) is 64.4 Å². The van der Waals surface area contributed by atoms with Crippen LogP contribution in [-0.2, 0) is 17.5 Å². The number of carbonyl (C=O) groups excluding carboxylic acids is 2. The molecule has 0 unspecified atom stereocenters. The minimum Gasteiger partial charge on any atom is -0.497 e. The number of nitrogens with one attached hydrogen (secondary N) is 2. The third kappa shape index (κ3) is 7.45. The average Bonchev–Trinajstić information content (AvgIpc) is 3.34. The predicted molar refractivity (Wildman–Crippen MR) is 142 cm³/mol. The maximum atomic E-state index is 13.1. The number of alkyl halides is 3. The number of hydrogen-bond acceptors (Lipinski definition) is 6. The fourth-order valence-corrected chi connectivity index (χ4v) is 5.34. The van der Waals surface area contributed by atoms with Crippen LogP contribution in [0.15, 0.2) is 47.6 Å². The third-order valence-corrected chi connectivity index (χ3v) is 7.61. The summed E-state index contributed by atoms with van der Waals surface area (Å²) in [5, 5.41) is 14.4. The van der Waals surface area contributed by atoms with Crippen LogP contribution in [0, 0.1) is 0 Å². The number of thioether (sulfide) groups is 1. The summed E-state index contributed by atoms with van der Waals surface area (Å²) in [6.45, 7) is 0.140. The van der Waals surface area contributed by atoms with E-state index in [1.165, 1.54) is 0 Å². The second kappa shape index (κ2) is 12.7. The fraction of sp³-hybridized carbons (Fsp3) is 0.385. The van der Waals surface area contributed by atoms with E-state index in [2.05, 4.69) is 20.8 Å². The van der Waals surface area contributed by atoms with Crippen molar-refractivity contribution in [2.45, 2.75) is 56.0 Å². The Labute approximate surface area is 232 Å². The zero-order valence-corrected chi connectivity index (χ0v) is 22.6. The van der Waals surface area contributed by atoms with Gasteiger partial charge in [0.05, 0.1) is 35.7 Å². The topological polar surface area (TPSA) is 98.1 Å². The van der Waals surface area contributed by atoms with Gasteiger partial charge in [0.1, 0.15) is 5.75 Å². The molecular formula is C26H27ClF3N5O3S. The summed E-state index contributed by atoms with van der Waals surface area (Å²) in [5.74, 6) is 0.281. The molecule has 0 spiro atoms. The lowest BCUT2D eigenvalue weighted by molar-refractivity contribution is -0.137. The summed E-state index contributed by atoms with van der Waals surface area (Å²) in [7, 11) is 1.55. The number of halogens is 4. The van der Waals surface area contributed by atoms with Gasteiger partial charge in [0.2, 0.25) is 5.91 Å². The van der Waals surface area contributed by atoms with Gasteiger partial charge in [-0.1, -0.05) is 42.6 Å². The average molecular weight is 582 g/mol. The van der Waals surface area contributed by atoms with E-state index in [1.807, 2.05) is 4.57 Å². The molecule has 1 heterocycles. The molecule has 2 aromatic carbocycles. The summed E-state index contributed by atoms with van der Waals surface area (Å²) in [4.78, 5) is 25.3. The molecule has 2 amide bonds. The lowest BCUT2D eigenvalue weighted by atomic mass is 9.95. The minimum atomic E-state index is -4.56. The summed E-state index contributed by atoms with van der Waals surface area (Å²) in [6, 6.07) is 9.60. The molecule has 0 atom stereocenters. The number of hydrogen-bond donors (Lipinski definition) is 2. The molecule has 8 nitrogen and oxygen atoms in total. The van der Waals surface area contributed by atoms with E-state index in [1.54, 1.807) is 31.4 Å². The second-order valence-electron chi connectivity index (χ2n) is 9.00. The number of aromatic nitrogens is 3. The van der Waals surface area contributed by atoms with Crippen molar-refractivity contribution >= 4 is 40.9 Å². The molecule has 4 rings (SSSR count).